The summed E-state index contributed by atoms with van der Waals surface area (Å²) in [4.78, 5) is 0. The number of hydrogen-bond donors (Lipinski definition) is 2. The van der Waals surface area contributed by atoms with Gasteiger partial charge in [-0.2, -0.15) is 0 Å². The van der Waals surface area contributed by atoms with Crippen LogP contribution in [0.5, 0.6) is 0 Å². The molecule has 0 saturated carbocycles. The number of nitrogens with one attached hydrogen (secondary N) is 2. The first-order valence-corrected chi connectivity index (χ1v) is 10.0. The van der Waals surface area contributed by atoms with Gasteiger partial charge in [0, 0.05) is 0 Å². The molecule has 3 nitrogen and oxygen atoms in total. The van der Waals surface area contributed by atoms with Crippen molar-refractivity contribution in [2.45, 2.75) is 25.6 Å². The van der Waals surface area contributed by atoms with E-state index in [-0.39, 0.29) is 0 Å². The molecule has 1 aliphatic heterocycles. The zero-order valence-corrected chi connectivity index (χ0v) is 15.7. The Hall–Kier alpha value is -1.68. The second-order valence-corrected chi connectivity index (χ2v) is 8.33. The first-order chi connectivity index (χ1) is 11.1. The van der Waals surface area contributed by atoms with Crippen molar-refractivity contribution in [3.63, 3.8) is 0 Å². The monoisotopic (exact) mass is 389 g/mol. The molecule has 0 unspecified atom stereocenters. The van der Waals surface area contributed by atoms with Crippen molar-refractivity contribution in [3.8, 4) is 0 Å². The van der Waals surface area contributed by atoms with Crippen LogP contribution in [0.2, 0.25) is 5.32 Å². The Morgan fingerprint density at radius 3 is 2.87 bits per heavy atom. The molecular formula is C18H19N3SSe. The van der Waals surface area contributed by atoms with Crippen molar-refractivity contribution >= 4 is 48.1 Å². The molecule has 0 aromatic heterocycles. The van der Waals surface area contributed by atoms with Crippen LogP contribution in [0.4, 0.5) is 5.69 Å². The summed E-state index contributed by atoms with van der Waals surface area (Å²) >= 11 is 5.94. The number of anilines is 1. The molecule has 3 rings (SSSR count). The van der Waals surface area contributed by atoms with Gasteiger partial charge in [0.2, 0.25) is 0 Å². The average Bonchev–Trinajstić information content (AvgIpc) is 2.56. The van der Waals surface area contributed by atoms with Crippen LogP contribution in [0.25, 0.3) is 0 Å². The molecule has 5 heteroatoms. The Bertz CT molecular complexity index is 771. The fraction of sp³-hybridized carbons (Fsp3) is 0.222. The molecule has 0 spiro atoms. The second-order valence-electron chi connectivity index (χ2n) is 5.54. The van der Waals surface area contributed by atoms with Crippen molar-refractivity contribution in [3.05, 3.63) is 59.2 Å². The minimum absolute atomic E-state index is 0.528. The Kier molecular flexibility index (Phi) is 5.11. The van der Waals surface area contributed by atoms with Gasteiger partial charge in [-0.15, -0.1) is 0 Å². The Balaban J connectivity index is 1.71. The van der Waals surface area contributed by atoms with E-state index in [1.54, 1.807) is 0 Å². The third kappa shape index (κ3) is 3.99. The molecule has 0 amide bonds. The topological polar surface area (TPSA) is 36.4 Å². The van der Waals surface area contributed by atoms with Gasteiger partial charge in [0.05, 0.1) is 0 Å². The standard InChI is InChI=1S/C18H19N3SSe/c1-12-7-8-13(2)16(11-12)19-18(22)21-20-15-9-10-23-17-6-4-3-5-14(15)17/h3-8,11H,9-10H2,1-2H3,(H2,19,21,22)/b20-15+. The molecule has 0 saturated heterocycles. The summed E-state index contributed by atoms with van der Waals surface area (Å²) in [6.45, 7) is 4.14. The summed E-state index contributed by atoms with van der Waals surface area (Å²) in [7, 11) is 0. The summed E-state index contributed by atoms with van der Waals surface area (Å²) in [5.74, 6) is 0. The molecule has 0 bridgehead atoms. The normalized spacial score (nSPS) is 15.1. The molecule has 1 aliphatic rings. The molecule has 118 valence electrons. The van der Waals surface area contributed by atoms with E-state index in [1.165, 1.54) is 20.9 Å². The average molecular weight is 388 g/mol. The van der Waals surface area contributed by atoms with Crippen LogP contribution in [0, 0.1) is 13.8 Å². The fourth-order valence-corrected chi connectivity index (χ4v) is 4.80. The second kappa shape index (κ2) is 7.26. The van der Waals surface area contributed by atoms with Crippen LogP contribution < -0.4 is 15.2 Å². The van der Waals surface area contributed by atoms with Crippen LogP contribution in [-0.2, 0) is 0 Å². The maximum atomic E-state index is 5.38. The predicted molar refractivity (Wildman–Crippen MR) is 103 cm³/mol. The minimum atomic E-state index is 0.528. The fourth-order valence-electron chi connectivity index (χ4n) is 2.48. The van der Waals surface area contributed by atoms with Crippen molar-refractivity contribution in [1.82, 2.24) is 5.43 Å². The van der Waals surface area contributed by atoms with Gasteiger partial charge < -0.3 is 0 Å². The van der Waals surface area contributed by atoms with E-state index in [1.807, 2.05) is 0 Å². The summed E-state index contributed by atoms with van der Waals surface area (Å²) in [6, 6.07) is 14.8. The van der Waals surface area contributed by atoms with Gasteiger partial charge in [-0.05, 0) is 0 Å². The molecule has 2 N–H and O–H groups in total. The van der Waals surface area contributed by atoms with Crippen LogP contribution >= 0.6 is 12.2 Å². The summed E-state index contributed by atoms with van der Waals surface area (Å²) in [6.07, 6.45) is 1.01. The number of hydrazone groups is 1. The van der Waals surface area contributed by atoms with Gasteiger partial charge in [0.25, 0.3) is 0 Å². The molecule has 2 aromatic rings. The summed E-state index contributed by atoms with van der Waals surface area (Å²) in [5.41, 5.74) is 8.76. The van der Waals surface area contributed by atoms with Crippen LogP contribution in [0.3, 0.4) is 0 Å². The predicted octanol–water partition coefficient (Wildman–Crippen LogP) is 3.15. The molecule has 23 heavy (non-hydrogen) atoms. The van der Waals surface area contributed by atoms with Crippen molar-refractivity contribution in [2.75, 3.05) is 5.32 Å². The quantitative estimate of drug-likeness (QED) is 0.472. The van der Waals surface area contributed by atoms with Gasteiger partial charge in [0.15, 0.2) is 0 Å². The van der Waals surface area contributed by atoms with Crippen LogP contribution in [0.15, 0.2) is 47.6 Å². The Morgan fingerprint density at radius 2 is 2.00 bits per heavy atom. The maximum absolute atomic E-state index is 5.38. The van der Waals surface area contributed by atoms with E-state index in [9.17, 15) is 0 Å². The summed E-state index contributed by atoms with van der Waals surface area (Å²) in [5, 5.41) is 9.50. The third-order valence-corrected chi connectivity index (χ3v) is 6.18. The van der Waals surface area contributed by atoms with Gasteiger partial charge in [0.1, 0.15) is 0 Å². The first-order valence-electron chi connectivity index (χ1n) is 7.56. The summed E-state index contributed by atoms with van der Waals surface area (Å²) < 4.78 is 1.43. The number of fused-ring (bicyclic) bond motifs is 1. The molecule has 1 heterocycles. The van der Waals surface area contributed by atoms with E-state index in [4.69, 9.17) is 12.2 Å². The van der Waals surface area contributed by atoms with Crippen molar-refractivity contribution in [1.29, 1.82) is 0 Å². The number of nitrogens with zero attached hydrogens (tertiary/aromatic N) is 1. The molecule has 0 aliphatic carbocycles. The third-order valence-electron chi connectivity index (χ3n) is 3.73. The molecule has 0 atom stereocenters. The van der Waals surface area contributed by atoms with Crippen LogP contribution in [0.1, 0.15) is 23.1 Å². The van der Waals surface area contributed by atoms with E-state index in [2.05, 4.69) is 72.2 Å². The van der Waals surface area contributed by atoms with Gasteiger partial charge in [-0.25, -0.2) is 0 Å². The molecule has 0 fully saturated rings. The SMILES string of the molecule is Cc1ccc(C)c(NC(=S)N/N=C2\CC[Se]c3ccccc32)c1. The number of rotatable bonds is 2. The molecular weight excluding hydrogens is 369 g/mol. The first kappa shape index (κ1) is 16.2. The number of thiocarbonyl (C=S) groups is 1. The molecule has 2 aromatic carbocycles. The zero-order chi connectivity index (χ0) is 16.2. The van der Waals surface area contributed by atoms with Crippen molar-refractivity contribution < 1.29 is 0 Å². The van der Waals surface area contributed by atoms with Gasteiger partial charge >= 0.3 is 149 Å². The van der Waals surface area contributed by atoms with Gasteiger partial charge in [-0.3, -0.25) is 0 Å². The Labute approximate surface area is 148 Å². The number of hydrogen-bond acceptors (Lipinski definition) is 2. The van der Waals surface area contributed by atoms with Gasteiger partial charge in [-0.1, -0.05) is 0 Å². The van der Waals surface area contributed by atoms with Crippen LogP contribution in [-0.4, -0.2) is 25.8 Å². The van der Waals surface area contributed by atoms with Crippen molar-refractivity contribution in [2.24, 2.45) is 5.10 Å². The number of aryl methyl sites for hydroxylation is 2. The van der Waals surface area contributed by atoms with E-state index in [0.29, 0.717) is 20.1 Å². The number of benzene rings is 2. The van der Waals surface area contributed by atoms with E-state index >= 15 is 0 Å². The molecule has 0 radical (unpaired) electrons. The Morgan fingerprint density at radius 1 is 1.17 bits per heavy atom. The van der Waals surface area contributed by atoms with E-state index < -0.39 is 0 Å². The van der Waals surface area contributed by atoms with E-state index in [0.717, 1.165) is 23.4 Å². The zero-order valence-electron chi connectivity index (χ0n) is 13.2.